The zero-order valence-electron chi connectivity index (χ0n) is 7.58. The molecular formula is C11H14O. The van der Waals surface area contributed by atoms with E-state index in [0.29, 0.717) is 0 Å². The molecule has 0 amide bonds. The van der Waals surface area contributed by atoms with Crippen LogP contribution in [0, 0.1) is 0 Å². The molecule has 12 heavy (non-hydrogen) atoms. The Bertz CT molecular complexity index is 251. The Labute approximate surface area is 73.7 Å². The summed E-state index contributed by atoms with van der Waals surface area (Å²) in [5.74, 6) is 0. The van der Waals surface area contributed by atoms with Gasteiger partial charge >= 0.3 is 0 Å². The van der Waals surface area contributed by atoms with Gasteiger partial charge in [0.05, 0.1) is 0 Å². The van der Waals surface area contributed by atoms with Crippen LogP contribution in [0.25, 0.3) is 0 Å². The maximum atomic E-state index is 5.30. The minimum absolute atomic E-state index is 0.0335. The van der Waals surface area contributed by atoms with Crippen molar-refractivity contribution in [3.63, 3.8) is 0 Å². The van der Waals surface area contributed by atoms with E-state index in [4.69, 9.17) is 4.74 Å². The summed E-state index contributed by atoms with van der Waals surface area (Å²) in [7, 11) is 1.70. The Morgan fingerprint density at radius 2 is 1.92 bits per heavy atom. The highest BCUT2D eigenvalue weighted by atomic mass is 16.5. The van der Waals surface area contributed by atoms with Crippen molar-refractivity contribution in [2.24, 2.45) is 0 Å². The number of ether oxygens (including phenoxy) is 1. The first-order valence-electron chi connectivity index (χ1n) is 3.99. The number of hydrogen-bond acceptors (Lipinski definition) is 1. The second kappa shape index (κ2) is 4.07. The molecule has 64 valence electrons. The summed E-state index contributed by atoms with van der Waals surface area (Å²) in [4.78, 5) is 0. The van der Waals surface area contributed by atoms with E-state index in [9.17, 15) is 0 Å². The molecule has 1 aromatic rings. The van der Waals surface area contributed by atoms with Gasteiger partial charge in [-0.15, -0.1) is 0 Å². The van der Waals surface area contributed by atoms with Crippen LogP contribution in [0.5, 0.6) is 0 Å². The SMILES string of the molecule is C=C(C)C(OC)c1ccccc1. The van der Waals surface area contributed by atoms with Gasteiger partial charge in [-0.2, -0.15) is 0 Å². The maximum Gasteiger partial charge on any atom is 0.103 e. The van der Waals surface area contributed by atoms with Gasteiger partial charge in [-0.05, 0) is 18.1 Å². The van der Waals surface area contributed by atoms with Crippen LogP contribution in [0.1, 0.15) is 18.6 Å². The first-order valence-corrected chi connectivity index (χ1v) is 3.99. The summed E-state index contributed by atoms with van der Waals surface area (Å²) in [6.45, 7) is 5.85. The molecule has 0 aliphatic heterocycles. The van der Waals surface area contributed by atoms with Crippen LogP contribution >= 0.6 is 0 Å². The third kappa shape index (κ3) is 1.95. The third-order valence-corrected chi connectivity index (χ3v) is 1.79. The molecule has 0 heterocycles. The van der Waals surface area contributed by atoms with Crippen molar-refractivity contribution in [2.75, 3.05) is 7.11 Å². The average molecular weight is 162 g/mol. The lowest BCUT2D eigenvalue weighted by molar-refractivity contribution is 0.133. The monoisotopic (exact) mass is 162 g/mol. The van der Waals surface area contributed by atoms with Gasteiger partial charge in [0.1, 0.15) is 6.10 Å². The largest absolute Gasteiger partial charge is 0.372 e. The summed E-state index contributed by atoms with van der Waals surface area (Å²) >= 11 is 0. The van der Waals surface area contributed by atoms with Gasteiger partial charge in [-0.1, -0.05) is 36.9 Å². The van der Waals surface area contributed by atoms with Crippen LogP contribution in [0.2, 0.25) is 0 Å². The van der Waals surface area contributed by atoms with Gasteiger partial charge in [0.25, 0.3) is 0 Å². The van der Waals surface area contributed by atoms with Crippen molar-refractivity contribution < 1.29 is 4.74 Å². The van der Waals surface area contributed by atoms with E-state index in [1.54, 1.807) is 7.11 Å². The number of rotatable bonds is 3. The van der Waals surface area contributed by atoms with E-state index in [2.05, 4.69) is 6.58 Å². The summed E-state index contributed by atoms with van der Waals surface area (Å²) in [6, 6.07) is 10.1. The van der Waals surface area contributed by atoms with Crippen LogP contribution < -0.4 is 0 Å². The molecule has 1 atom stereocenters. The summed E-state index contributed by atoms with van der Waals surface area (Å²) in [6.07, 6.45) is 0.0335. The molecule has 0 aliphatic carbocycles. The zero-order valence-corrected chi connectivity index (χ0v) is 7.58. The fraction of sp³-hybridized carbons (Fsp3) is 0.273. The minimum Gasteiger partial charge on any atom is -0.372 e. The molecule has 0 fully saturated rings. The van der Waals surface area contributed by atoms with Gasteiger partial charge in [0.15, 0.2) is 0 Å². The van der Waals surface area contributed by atoms with E-state index in [1.807, 2.05) is 37.3 Å². The second-order valence-corrected chi connectivity index (χ2v) is 2.87. The van der Waals surface area contributed by atoms with Gasteiger partial charge in [-0.25, -0.2) is 0 Å². The van der Waals surface area contributed by atoms with E-state index >= 15 is 0 Å². The maximum absolute atomic E-state index is 5.30. The quantitative estimate of drug-likeness (QED) is 0.621. The van der Waals surface area contributed by atoms with Crippen LogP contribution in [0.3, 0.4) is 0 Å². The Morgan fingerprint density at radius 1 is 1.33 bits per heavy atom. The number of benzene rings is 1. The normalized spacial score (nSPS) is 12.5. The predicted octanol–water partition coefficient (Wildman–Crippen LogP) is 2.95. The molecule has 1 unspecified atom stereocenters. The highest BCUT2D eigenvalue weighted by Gasteiger charge is 2.08. The molecule has 1 aromatic carbocycles. The first kappa shape index (κ1) is 9.01. The van der Waals surface area contributed by atoms with E-state index < -0.39 is 0 Å². The summed E-state index contributed by atoms with van der Waals surface area (Å²) in [5, 5.41) is 0. The van der Waals surface area contributed by atoms with Gasteiger partial charge in [0.2, 0.25) is 0 Å². The van der Waals surface area contributed by atoms with Crippen molar-refractivity contribution in [1.82, 2.24) is 0 Å². The lowest BCUT2D eigenvalue weighted by Gasteiger charge is -2.14. The highest BCUT2D eigenvalue weighted by molar-refractivity contribution is 5.23. The molecule has 0 N–H and O–H groups in total. The zero-order chi connectivity index (χ0) is 8.97. The number of hydrogen-bond donors (Lipinski definition) is 0. The highest BCUT2D eigenvalue weighted by Crippen LogP contribution is 2.22. The molecular weight excluding hydrogens is 148 g/mol. The average Bonchev–Trinajstić information content (AvgIpc) is 2.07. The third-order valence-electron chi connectivity index (χ3n) is 1.79. The lowest BCUT2D eigenvalue weighted by Crippen LogP contribution is -2.01. The molecule has 1 heteroatoms. The predicted molar refractivity (Wildman–Crippen MR) is 51.0 cm³/mol. The fourth-order valence-corrected chi connectivity index (χ4v) is 1.25. The molecule has 1 nitrogen and oxygen atoms in total. The molecule has 0 saturated carbocycles. The van der Waals surface area contributed by atoms with Gasteiger partial charge in [-0.3, -0.25) is 0 Å². The van der Waals surface area contributed by atoms with Crippen molar-refractivity contribution >= 4 is 0 Å². The summed E-state index contributed by atoms with van der Waals surface area (Å²) in [5.41, 5.74) is 2.19. The van der Waals surface area contributed by atoms with Crippen molar-refractivity contribution in [3.05, 3.63) is 48.0 Å². The second-order valence-electron chi connectivity index (χ2n) is 2.87. The lowest BCUT2D eigenvalue weighted by atomic mass is 10.0. The van der Waals surface area contributed by atoms with Crippen molar-refractivity contribution in [2.45, 2.75) is 13.0 Å². The van der Waals surface area contributed by atoms with Crippen LogP contribution in [0.4, 0.5) is 0 Å². The fourth-order valence-electron chi connectivity index (χ4n) is 1.25. The van der Waals surface area contributed by atoms with E-state index in [0.717, 1.165) is 11.1 Å². The Balaban J connectivity index is 2.88. The van der Waals surface area contributed by atoms with E-state index in [1.165, 1.54) is 0 Å². The minimum atomic E-state index is 0.0335. The Hall–Kier alpha value is -1.08. The first-order chi connectivity index (χ1) is 5.75. The molecule has 0 aliphatic rings. The standard InChI is InChI=1S/C11H14O/c1-9(2)11(12-3)10-7-5-4-6-8-10/h4-8,11H,1H2,2-3H3. The molecule has 0 radical (unpaired) electrons. The molecule has 0 saturated heterocycles. The van der Waals surface area contributed by atoms with Gasteiger partial charge < -0.3 is 4.74 Å². The summed E-state index contributed by atoms with van der Waals surface area (Å²) < 4.78 is 5.30. The van der Waals surface area contributed by atoms with Crippen LogP contribution in [-0.4, -0.2) is 7.11 Å². The Morgan fingerprint density at radius 3 is 2.33 bits per heavy atom. The van der Waals surface area contributed by atoms with Crippen molar-refractivity contribution in [3.8, 4) is 0 Å². The molecule has 1 rings (SSSR count). The van der Waals surface area contributed by atoms with Gasteiger partial charge in [0, 0.05) is 7.11 Å². The smallest absolute Gasteiger partial charge is 0.103 e. The topological polar surface area (TPSA) is 9.23 Å². The van der Waals surface area contributed by atoms with Crippen molar-refractivity contribution in [1.29, 1.82) is 0 Å². The number of methoxy groups -OCH3 is 1. The van der Waals surface area contributed by atoms with E-state index in [-0.39, 0.29) is 6.10 Å². The van der Waals surface area contributed by atoms with Crippen LogP contribution in [-0.2, 0) is 4.74 Å². The molecule has 0 aromatic heterocycles. The molecule has 0 spiro atoms. The van der Waals surface area contributed by atoms with Crippen LogP contribution in [0.15, 0.2) is 42.5 Å². The Kier molecular flexibility index (Phi) is 3.06. The molecule has 0 bridgehead atoms.